The zero-order valence-corrected chi connectivity index (χ0v) is 11.2. The summed E-state index contributed by atoms with van der Waals surface area (Å²) >= 11 is 0. The van der Waals surface area contributed by atoms with Gasteiger partial charge in [-0.3, -0.25) is 0 Å². The molecule has 0 amide bonds. The fraction of sp³-hybridized carbons (Fsp3) is 0.125. The predicted molar refractivity (Wildman–Crippen MR) is 78.1 cm³/mol. The van der Waals surface area contributed by atoms with Gasteiger partial charge in [0.25, 0.3) is 0 Å². The first kappa shape index (κ1) is 15.3. The van der Waals surface area contributed by atoms with E-state index in [0.717, 1.165) is 17.6 Å². The predicted octanol–water partition coefficient (Wildman–Crippen LogP) is 3.55. The number of rotatable bonds is 6. The van der Waals surface area contributed by atoms with E-state index in [9.17, 15) is 9.59 Å². The second-order valence-electron chi connectivity index (χ2n) is 3.94. The van der Waals surface area contributed by atoms with Crippen LogP contribution in [0.15, 0.2) is 70.3 Å². The van der Waals surface area contributed by atoms with Crippen LogP contribution in [0.25, 0.3) is 0 Å². The zero-order chi connectivity index (χ0) is 14.8. The van der Waals surface area contributed by atoms with Gasteiger partial charge in [0.05, 0.1) is 11.4 Å². The maximum absolute atomic E-state index is 10.1. The molecule has 0 aliphatic heterocycles. The summed E-state index contributed by atoms with van der Waals surface area (Å²) in [6.45, 7) is 5.52. The van der Waals surface area contributed by atoms with Crippen molar-refractivity contribution in [1.82, 2.24) is 0 Å². The van der Waals surface area contributed by atoms with Gasteiger partial charge in [0, 0.05) is 0 Å². The highest BCUT2D eigenvalue weighted by Gasteiger charge is 1.97. The Morgan fingerprint density at radius 3 is 2.45 bits per heavy atom. The summed E-state index contributed by atoms with van der Waals surface area (Å²) in [7, 11) is 0. The standard InChI is InChI=1S/C16H14N2O2/c1-3-14(5-4-13(2)17-11-19)10-15-6-8-16(9-7-15)18-12-20/h3-9H,2,10H2,1H3/b5-4-,14-3+. The molecule has 0 atom stereocenters. The first-order chi connectivity index (χ1) is 9.69. The van der Waals surface area contributed by atoms with Gasteiger partial charge in [0.2, 0.25) is 12.2 Å². The van der Waals surface area contributed by atoms with E-state index in [1.54, 1.807) is 18.2 Å². The highest BCUT2D eigenvalue weighted by atomic mass is 16.1. The zero-order valence-electron chi connectivity index (χ0n) is 11.2. The van der Waals surface area contributed by atoms with E-state index in [-0.39, 0.29) is 0 Å². The van der Waals surface area contributed by atoms with Crippen LogP contribution in [-0.4, -0.2) is 12.2 Å². The third-order valence-corrected chi connectivity index (χ3v) is 2.57. The second kappa shape index (κ2) is 8.33. The molecule has 0 saturated heterocycles. The van der Waals surface area contributed by atoms with Gasteiger partial charge in [-0.05, 0) is 42.7 Å². The van der Waals surface area contributed by atoms with Gasteiger partial charge in [0.15, 0.2) is 0 Å². The van der Waals surface area contributed by atoms with Crippen LogP contribution < -0.4 is 0 Å². The van der Waals surface area contributed by atoms with Crippen molar-refractivity contribution in [3.63, 3.8) is 0 Å². The Hall–Kier alpha value is -2.80. The molecule has 1 rings (SSSR count). The van der Waals surface area contributed by atoms with Crippen molar-refractivity contribution >= 4 is 17.8 Å². The molecular formula is C16H14N2O2. The van der Waals surface area contributed by atoms with Crippen molar-refractivity contribution in [1.29, 1.82) is 0 Å². The van der Waals surface area contributed by atoms with Crippen LogP contribution in [0.2, 0.25) is 0 Å². The highest BCUT2D eigenvalue weighted by molar-refractivity contribution is 5.49. The van der Waals surface area contributed by atoms with Gasteiger partial charge in [-0.2, -0.15) is 9.98 Å². The molecule has 20 heavy (non-hydrogen) atoms. The van der Waals surface area contributed by atoms with Crippen LogP contribution in [0.1, 0.15) is 12.5 Å². The Morgan fingerprint density at radius 2 is 1.90 bits per heavy atom. The average molecular weight is 266 g/mol. The number of carbonyl (C=O) groups excluding carboxylic acids is 2. The number of hydrogen-bond donors (Lipinski definition) is 0. The summed E-state index contributed by atoms with van der Waals surface area (Å²) in [5, 5.41) is 0. The summed E-state index contributed by atoms with van der Waals surface area (Å²) in [5.74, 6) is 0. The van der Waals surface area contributed by atoms with Crippen LogP contribution >= 0.6 is 0 Å². The van der Waals surface area contributed by atoms with Crippen LogP contribution in [0.3, 0.4) is 0 Å². The Labute approximate surface area is 117 Å². The van der Waals surface area contributed by atoms with Crippen molar-refractivity contribution in [2.75, 3.05) is 0 Å². The molecule has 4 heteroatoms. The largest absolute Gasteiger partial charge is 0.240 e. The van der Waals surface area contributed by atoms with Crippen LogP contribution in [-0.2, 0) is 16.0 Å². The van der Waals surface area contributed by atoms with Gasteiger partial charge < -0.3 is 0 Å². The molecule has 0 saturated carbocycles. The minimum absolute atomic E-state index is 0.356. The second-order valence-corrected chi connectivity index (χ2v) is 3.94. The summed E-state index contributed by atoms with van der Waals surface area (Å²) in [6.07, 6.45) is 9.13. The van der Waals surface area contributed by atoms with Crippen molar-refractivity contribution < 1.29 is 9.59 Å². The number of benzene rings is 1. The molecule has 100 valence electrons. The molecule has 0 fully saturated rings. The summed E-state index contributed by atoms with van der Waals surface area (Å²) in [6, 6.07) is 7.30. The molecule has 1 aromatic rings. The fourth-order valence-corrected chi connectivity index (χ4v) is 1.53. The number of allylic oxidation sites excluding steroid dienone is 4. The van der Waals surface area contributed by atoms with E-state index in [2.05, 4.69) is 16.6 Å². The lowest BCUT2D eigenvalue weighted by atomic mass is 10.0. The SMILES string of the molecule is C=C(/C=C\C(=C/C)Cc1ccc(N=C=O)cc1)N=C=O. The number of nitrogens with zero attached hydrogens (tertiary/aromatic N) is 2. The first-order valence-corrected chi connectivity index (χ1v) is 5.96. The average Bonchev–Trinajstić information content (AvgIpc) is 2.46. The molecule has 0 aromatic heterocycles. The van der Waals surface area contributed by atoms with E-state index in [1.165, 1.54) is 12.2 Å². The number of aliphatic imine (C=N–C) groups is 2. The van der Waals surface area contributed by atoms with Crippen molar-refractivity contribution in [3.05, 3.63) is 65.9 Å². The van der Waals surface area contributed by atoms with E-state index in [4.69, 9.17) is 0 Å². The Bertz CT molecular complexity index is 627. The van der Waals surface area contributed by atoms with E-state index < -0.39 is 0 Å². The number of hydrogen-bond acceptors (Lipinski definition) is 4. The quantitative estimate of drug-likeness (QED) is 0.449. The van der Waals surface area contributed by atoms with Crippen LogP contribution in [0.4, 0.5) is 5.69 Å². The van der Waals surface area contributed by atoms with Crippen LogP contribution in [0.5, 0.6) is 0 Å². The summed E-state index contributed by atoms with van der Waals surface area (Å²) in [5.41, 5.74) is 3.07. The summed E-state index contributed by atoms with van der Waals surface area (Å²) in [4.78, 5) is 27.1. The highest BCUT2D eigenvalue weighted by Crippen LogP contribution is 2.16. The minimum Gasteiger partial charge on any atom is -0.211 e. The molecule has 0 N–H and O–H groups in total. The van der Waals surface area contributed by atoms with Gasteiger partial charge >= 0.3 is 0 Å². The van der Waals surface area contributed by atoms with E-state index >= 15 is 0 Å². The maximum Gasteiger partial charge on any atom is 0.240 e. The van der Waals surface area contributed by atoms with Crippen molar-refractivity contribution in [3.8, 4) is 0 Å². The molecule has 0 radical (unpaired) electrons. The van der Waals surface area contributed by atoms with Gasteiger partial charge in [-0.25, -0.2) is 9.59 Å². The van der Waals surface area contributed by atoms with E-state index in [1.807, 2.05) is 31.2 Å². The lowest BCUT2D eigenvalue weighted by Crippen LogP contribution is -1.87. The number of isocyanates is 2. The lowest BCUT2D eigenvalue weighted by molar-refractivity contribution is 0.564. The third kappa shape index (κ3) is 5.23. The molecule has 0 aliphatic carbocycles. The molecule has 1 aromatic carbocycles. The maximum atomic E-state index is 10.1. The lowest BCUT2D eigenvalue weighted by Gasteiger charge is -2.02. The van der Waals surface area contributed by atoms with Crippen molar-refractivity contribution in [2.45, 2.75) is 13.3 Å². The Balaban J connectivity index is 2.76. The van der Waals surface area contributed by atoms with E-state index in [0.29, 0.717) is 11.4 Å². The third-order valence-electron chi connectivity index (χ3n) is 2.57. The molecular weight excluding hydrogens is 252 g/mol. The molecule has 0 unspecified atom stereocenters. The fourth-order valence-electron chi connectivity index (χ4n) is 1.53. The minimum atomic E-state index is 0.356. The first-order valence-electron chi connectivity index (χ1n) is 5.96. The smallest absolute Gasteiger partial charge is 0.211 e. The Morgan fingerprint density at radius 1 is 1.20 bits per heavy atom. The molecule has 0 heterocycles. The van der Waals surface area contributed by atoms with Crippen molar-refractivity contribution in [2.24, 2.45) is 9.98 Å². The Kier molecular flexibility index (Phi) is 6.35. The normalized spacial score (nSPS) is 10.8. The van der Waals surface area contributed by atoms with Gasteiger partial charge in [-0.15, -0.1) is 0 Å². The topological polar surface area (TPSA) is 58.9 Å². The molecule has 0 bridgehead atoms. The van der Waals surface area contributed by atoms with Crippen LogP contribution in [0, 0.1) is 0 Å². The monoisotopic (exact) mass is 266 g/mol. The molecule has 0 aliphatic rings. The molecule has 0 spiro atoms. The van der Waals surface area contributed by atoms with Gasteiger partial charge in [-0.1, -0.05) is 30.9 Å². The van der Waals surface area contributed by atoms with Gasteiger partial charge in [0.1, 0.15) is 0 Å². The molecule has 4 nitrogen and oxygen atoms in total. The summed E-state index contributed by atoms with van der Waals surface area (Å²) < 4.78 is 0.